The fourth-order valence-electron chi connectivity index (χ4n) is 2.49. The molecule has 5 heteroatoms. The third kappa shape index (κ3) is 2.51. The summed E-state index contributed by atoms with van der Waals surface area (Å²) in [5.41, 5.74) is 7.54. The summed E-state index contributed by atoms with van der Waals surface area (Å²) < 4.78 is 11.9. The molecule has 1 aromatic heterocycles. The molecule has 0 saturated carbocycles. The van der Waals surface area contributed by atoms with Crippen molar-refractivity contribution in [2.45, 2.75) is 39.7 Å². The van der Waals surface area contributed by atoms with Crippen molar-refractivity contribution in [3.63, 3.8) is 0 Å². The summed E-state index contributed by atoms with van der Waals surface area (Å²) >= 11 is 0. The Bertz CT molecular complexity index is 711. The van der Waals surface area contributed by atoms with E-state index in [4.69, 9.17) is 15.2 Å². The van der Waals surface area contributed by atoms with Gasteiger partial charge in [-0.15, -0.1) is 0 Å². The summed E-state index contributed by atoms with van der Waals surface area (Å²) in [6.07, 6.45) is 0.865. The number of rotatable bonds is 2. The van der Waals surface area contributed by atoms with Crippen LogP contribution in [0.25, 0.3) is 0 Å². The monoisotopic (exact) mass is 285 g/mol. The Morgan fingerprint density at radius 2 is 2.00 bits per heavy atom. The largest absolute Gasteiger partial charge is 0.483 e. The maximum Gasteiger partial charge on any atom is 0.227 e. The fourth-order valence-corrected chi connectivity index (χ4v) is 2.49. The van der Waals surface area contributed by atoms with Gasteiger partial charge in [0, 0.05) is 12.0 Å². The molecule has 1 aliphatic heterocycles. The molecule has 0 atom stereocenters. The lowest BCUT2D eigenvalue weighted by atomic mass is 10.0. The van der Waals surface area contributed by atoms with Crippen molar-refractivity contribution in [2.75, 3.05) is 5.73 Å². The van der Waals surface area contributed by atoms with Gasteiger partial charge in [0.2, 0.25) is 5.88 Å². The van der Waals surface area contributed by atoms with Crippen LogP contribution in [-0.4, -0.2) is 15.6 Å². The fraction of sp³-hybridized carbons (Fsp3) is 0.375. The van der Waals surface area contributed by atoms with E-state index in [0.717, 1.165) is 23.3 Å². The minimum atomic E-state index is -0.211. The van der Waals surface area contributed by atoms with Crippen molar-refractivity contribution in [1.29, 1.82) is 0 Å². The summed E-state index contributed by atoms with van der Waals surface area (Å²) in [7, 11) is 0. The van der Waals surface area contributed by atoms with Gasteiger partial charge in [-0.05, 0) is 33.8 Å². The zero-order valence-electron chi connectivity index (χ0n) is 12.7. The number of benzene rings is 1. The third-order valence-electron chi connectivity index (χ3n) is 3.51. The van der Waals surface area contributed by atoms with Crippen LogP contribution in [0.3, 0.4) is 0 Å². The molecule has 0 spiro atoms. The normalized spacial score (nSPS) is 15.4. The van der Waals surface area contributed by atoms with Gasteiger partial charge in [0.25, 0.3) is 0 Å². The third-order valence-corrected chi connectivity index (χ3v) is 3.51. The van der Waals surface area contributed by atoms with Gasteiger partial charge in [-0.3, -0.25) is 0 Å². The summed E-state index contributed by atoms with van der Waals surface area (Å²) in [6, 6.07) is 5.91. The molecule has 0 amide bonds. The van der Waals surface area contributed by atoms with Crippen molar-refractivity contribution in [1.82, 2.24) is 9.97 Å². The molecule has 2 N–H and O–H groups in total. The van der Waals surface area contributed by atoms with Crippen LogP contribution in [0.2, 0.25) is 0 Å². The Morgan fingerprint density at radius 1 is 1.24 bits per heavy atom. The zero-order valence-corrected chi connectivity index (χ0v) is 12.7. The first kappa shape index (κ1) is 13.7. The average molecular weight is 285 g/mol. The molecule has 3 rings (SSSR count). The van der Waals surface area contributed by atoms with Gasteiger partial charge in [0.1, 0.15) is 17.2 Å². The van der Waals surface area contributed by atoms with Gasteiger partial charge in [-0.1, -0.05) is 12.1 Å². The van der Waals surface area contributed by atoms with Crippen LogP contribution >= 0.6 is 0 Å². The van der Waals surface area contributed by atoms with Gasteiger partial charge in [0.05, 0.1) is 5.56 Å². The molecule has 21 heavy (non-hydrogen) atoms. The SMILES string of the molecule is Cc1nc(N)c(C)c(Oc2cccc3c2OC(C)(C)C3)n1. The first-order valence-corrected chi connectivity index (χ1v) is 6.95. The van der Waals surface area contributed by atoms with E-state index in [2.05, 4.69) is 29.9 Å². The Labute approximate surface area is 124 Å². The summed E-state index contributed by atoms with van der Waals surface area (Å²) in [4.78, 5) is 8.45. The second-order valence-electron chi connectivity index (χ2n) is 5.97. The van der Waals surface area contributed by atoms with Crippen molar-refractivity contribution in [3.8, 4) is 17.4 Å². The number of nitrogens with two attached hydrogens (primary N) is 1. The predicted octanol–water partition coefficient (Wildman–Crippen LogP) is 3.18. The number of aromatic nitrogens is 2. The molecular weight excluding hydrogens is 266 g/mol. The van der Waals surface area contributed by atoms with Crippen molar-refractivity contribution in [2.24, 2.45) is 0 Å². The Kier molecular flexibility index (Phi) is 3.01. The second kappa shape index (κ2) is 4.62. The molecule has 2 heterocycles. The minimum Gasteiger partial charge on any atom is -0.483 e. The number of aryl methyl sites for hydroxylation is 1. The standard InChI is InChI=1S/C16H19N3O2/c1-9-14(17)18-10(2)19-15(9)20-12-7-5-6-11-8-16(3,4)21-13(11)12/h5-7H,8H2,1-4H3,(H2,17,18,19). The molecule has 1 aliphatic rings. The summed E-state index contributed by atoms with van der Waals surface area (Å²) in [5, 5.41) is 0. The average Bonchev–Trinajstić information content (AvgIpc) is 2.70. The summed E-state index contributed by atoms with van der Waals surface area (Å²) in [6.45, 7) is 7.76. The van der Waals surface area contributed by atoms with E-state index >= 15 is 0 Å². The Hall–Kier alpha value is -2.30. The van der Waals surface area contributed by atoms with Crippen molar-refractivity contribution >= 4 is 5.82 Å². The van der Waals surface area contributed by atoms with Crippen LogP contribution in [0.4, 0.5) is 5.82 Å². The maximum absolute atomic E-state index is 6.00. The van der Waals surface area contributed by atoms with E-state index in [0.29, 0.717) is 23.3 Å². The molecule has 0 radical (unpaired) electrons. The molecule has 110 valence electrons. The number of hydrogen-bond acceptors (Lipinski definition) is 5. The van der Waals surface area contributed by atoms with Gasteiger partial charge in [0.15, 0.2) is 11.5 Å². The van der Waals surface area contributed by atoms with Crippen LogP contribution < -0.4 is 15.2 Å². The number of hydrogen-bond donors (Lipinski definition) is 1. The van der Waals surface area contributed by atoms with E-state index < -0.39 is 0 Å². The molecule has 0 bridgehead atoms. The number of anilines is 1. The van der Waals surface area contributed by atoms with Gasteiger partial charge in [-0.2, -0.15) is 4.98 Å². The number of para-hydroxylation sites is 1. The minimum absolute atomic E-state index is 0.211. The lowest BCUT2D eigenvalue weighted by molar-refractivity contribution is 0.135. The maximum atomic E-state index is 6.00. The molecule has 0 unspecified atom stereocenters. The lowest BCUT2D eigenvalue weighted by Crippen LogP contribution is -2.24. The molecule has 2 aromatic rings. The highest BCUT2D eigenvalue weighted by Crippen LogP contribution is 2.43. The number of ether oxygens (including phenoxy) is 2. The lowest BCUT2D eigenvalue weighted by Gasteiger charge is -2.18. The van der Waals surface area contributed by atoms with Gasteiger partial charge >= 0.3 is 0 Å². The van der Waals surface area contributed by atoms with Crippen LogP contribution in [0, 0.1) is 13.8 Å². The molecule has 5 nitrogen and oxygen atoms in total. The molecule has 0 saturated heterocycles. The number of nitrogen functional groups attached to an aromatic ring is 1. The van der Waals surface area contributed by atoms with Crippen molar-refractivity contribution in [3.05, 3.63) is 35.2 Å². The Balaban J connectivity index is 2.00. The second-order valence-corrected chi connectivity index (χ2v) is 5.97. The molecule has 1 aromatic carbocycles. The summed E-state index contributed by atoms with van der Waals surface area (Å²) in [5.74, 6) is 2.95. The van der Waals surface area contributed by atoms with E-state index in [1.54, 1.807) is 6.92 Å². The molecule has 0 aliphatic carbocycles. The van der Waals surface area contributed by atoms with Gasteiger partial charge in [-0.25, -0.2) is 4.98 Å². The van der Waals surface area contributed by atoms with Crippen LogP contribution in [0.1, 0.15) is 30.8 Å². The highest BCUT2D eigenvalue weighted by molar-refractivity contribution is 5.53. The van der Waals surface area contributed by atoms with Gasteiger partial charge < -0.3 is 15.2 Å². The van der Waals surface area contributed by atoms with Crippen molar-refractivity contribution < 1.29 is 9.47 Å². The molecule has 0 fully saturated rings. The topological polar surface area (TPSA) is 70.3 Å². The quantitative estimate of drug-likeness (QED) is 0.917. The smallest absolute Gasteiger partial charge is 0.227 e. The highest BCUT2D eigenvalue weighted by Gasteiger charge is 2.32. The van der Waals surface area contributed by atoms with Crippen LogP contribution in [0.15, 0.2) is 18.2 Å². The zero-order chi connectivity index (χ0) is 15.2. The highest BCUT2D eigenvalue weighted by atomic mass is 16.5. The van der Waals surface area contributed by atoms with Crippen LogP contribution in [0.5, 0.6) is 17.4 Å². The molecular formula is C16H19N3O2. The number of fused-ring (bicyclic) bond motifs is 1. The predicted molar refractivity (Wildman–Crippen MR) is 80.8 cm³/mol. The van der Waals surface area contributed by atoms with E-state index in [9.17, 15) is 0 Å². The Morgan fingerprint density at radius 3 is 2.76 bits per heavy atom. The van der Waals surface area contributed by atoms with Crippen LogP contribution in [-0.2, 0) is 6.42 Å². The first-order chi connectivity index (χ1) is 9.85. The first-order valence-electron chi connectivity index (χ1n) is 6.95. The van der Waals surface area contributed by atoms with E-state index in [-0.39, 0.29) is 5.60 Å². The van der Waals surface area contributed by atoms with E-state index in [1.165, 1.54) is 0 Å². The number of nitrogens with zero attached hydrogens (tertiary/aromatic N) is 2. The van der Waals surface area contributed by atoms with E-state index in [1.807, 2.05) is 19.1 Å².